The van der Waals surface area contributed by atoms with Crippen molar-refractivity contribution < 1.29 is 20.1 Å². The van der Waals surface area contributed by atoms with Crippen molar-refractivity contribution >= 4 is 29.0 Å². The highest BCUT2D eigenvalue weighted by Gasteiger charge is 2.31. The van der Waals surface area contributed by atoms with E-state index < -0.39 is 11.8 Å². The smallest absolute Gasteiger partial charge is 0.364 e. The Balaban J connectivity index is 0. The van der Waals surface area contributed by atoms with E-state index in [4.69, 9.17) is 15.3 Å². The van der Waals surface area contributed by atoms with Crippen molar-refractivity contribution in [1.82, 2.24) is 0 Å². The van der Waals surface area contributed by atoms with Crippen molar-refractivity contribution in [2.24, 2.45) is 0 Å². The van der Waals surface area contributed by atoms with Gasteiger partial charge in [-0.05, 0) is 6.42 Å². The molecule has 0 unspecified atom stereocenters. The zero-order valence-corrected chi connectivity index (χ0v) is 16.5. The molecule has 0 aromatic heterocycles. The van der Waals surface area contributed by atoms with Crippen molar-refractivity contribution in [3.05, 3.63) is 0 Å². The molecular weight excluding hydrogens is 304 g/mol. The maximum absolute atomic E-state index is 10.5. The maximum Gasteiger partial charge on any atom is 0.364 e. The van der Waals surface area contributed by atoms with Crippen LogP contribution in [-0.2, 0) is 4.79 Å². The van der Waals surface area contributed by atoms with E-state index in [1.165, 1.54) is 64.2 Å². The molecule has 0 rings (SSSR count). The van der Waals surface area contributed by atoms with Crippen molar-refractivity contribution in [2.75, 3.05) is 0 Å². The van der Waals surface area contributed by atoms with Crippen LogP contribution in [-0.4, -0.2) is 50.1 Å². The molecule has 0 fully saturated rings. The second-order valence-electron chi connectivity index (χ2n) is 6.47. The van der Waals surface area contributed by atoms with Crippen LogP contribution >= 0.6 is 0 Å². The zero-order chi connectivity index (χ0) is 16.7. The predicted octanol–water partition coefficient (Wildman–Crippen LogP) is 4.24. The second-order valence-corrected chi connectivity index (χ2v) is 6.47. The number of carboxylic acid groups (broad SMARTS) is 1. The molecular formula is C18H36MgO4. The number of hydrogen-bond acceptors (Lipinski definition) is 3. The molecule has 0 aliphatic heterocycles. The Morgan fingerprint density at radius 3 is 1.30 bits per heavy atom. The van der Waals surface area contributed by atoms with Crippen molar-refractivity contribution in [1.29, 1.82) is 0 Å². The van der Waals surface area contributed by atoms with Crippen LogP contribution in [0.15, 0.2) is 0 Å². The van der Waals surface area contributed by atoms with Gasteiger partial charge in [-0.15, -0.1) is 0 Å². The van der Waals surface area contributed by atoms with Crippen LogP contribution in [0.25, 0.3) is 0 Å². The van der Waals surface area contributed by atoms with Gasteiger partial charge in [-0.3, -0.25) is 0 Å². The van der Waals surface area contributed by atoms with E-state index >= 15 is 0 Å². The normalized spacial score (nSPS) is 11.3. The van der Waals surface area contributed by atoms with Gasteiger partial charge in [-0.1, -0.05) is 90.4 Å². The second kappa shape index (κ2) is 17.0. The Bertz CT molecular complexity index is 270. The average Bonchev–Trinajstić information content (AvgIpc) is 2.47. The minimum Gasteiger partial charge on any atom is -0.477 e. The Labute approximate surface area is 158 Å². The lowest BCUT2D eigenvalue weighted by Crippen LogP contribution is -2.37. The van der Waals surface area contributed by atoms with Crippen molar-refractivity contribution in [3.8, 4) is 0 Å². The van der Waals surface area contributed by atoms with Crippen LogP contribution in [0.4, 0.5) is 0 Å². The summed E-state index contributed by atoms with van der Waals surface area (Å²) in [6.45, 7) is 2.25. The Morgan fingerprint density at radius 1 is 0.696 bits per heavy atom. The van der Waals surface area contributed by atoms with E-state index in [2.05, 4.69) is 6.92 Å². The molecule has 2 radical (unpaired) electrons. The topological polar surface area (TPSA) is 77.8 Å². The summed E-state index contributed by atoms with van der Waals surface area (Å²) in [5.74, 6) is -4.10. The summed E-state index contributed by atoms with van der Waals surface area (Å²) in [6, 6.07) is 0. The predicted molar refractivity (Wildman–Crippen MR) is 95.5 cm³/mol. The van der Waals surface area contributed by atoms with Crippen LogP contribution in [0, 0.1) is 0 Å². The van der Waals surface area contributed by atoms with Gasteiger partial charge in [0.05, 0.1) is 0 Å². The molecule has 0 saturated carbocycles. The van der Waals surface area contributed by atoms with E-state index in [0.717, 1.165) is 19.3 Å². The number of hydrogen-bond donors (Lipinski definition) is 3. The molecule has 134 valence electrons. The largest absolute Gasteiger partial charge is 0.477 e. The van der Waals surface area contributed by atoms with Crippen LogP contribution < -0.4 is 0 Å². The van der Waals surface area contributed by atoms with Gasteiger partial charge in [-0.2, -0.15) is 0 Å². The molecule has 3 N–H and O–H groups in total. The Morgan fingerprint density at radius 2 is 1.00 bits per heavy atom. The molecule has 4 nitrogen and oxygen atoms in total. The Kier molecular flexibility index (Phi) is 18.8. The first kappa shape index (κ1) is 25.4. The van der Waals surface area contributed by atoms with E-state index in [-0.39, 0.29) is 29.5 Å². The average molecular weight is 341 g/mol. The van der Waals surface area contributed by atoms with Gasteiger partial charge in [0.15, 0.2) is 0 Å². The molecule has 0 aliphatic rings. The molecule has 23 heavy (non-hydrogen) atoms. The molecule has 0 aliphatic carbocycles. The lowest BCUT2D eigenvalue weighted by molar-refractivity contribution is -0.205. The van der Waals surface area contributed by atoms with Crippen LogP contribution in [0.2, 0.25) is 0 Å². The minimum absolute atomic E-state index is 0. The van der Waals surface area contributed by atoms with Gasteiger partial charge in [0.1, 0.15) is 0 Å². The number of aliphatic carboxylic acids is 1. The first-order chi connectivity index (χ1) is 10.5. The van der Waals surface area contributed by atoms with Gasteiger partial charge in [0, 0.05) is 29.5 Å². The highest BCUT2D eigenvalue weighted by Crippen LogP contribution is 2.15. The fourth-order valence-corrected chi connectivity index (χ4v) is 2.67. The zero-order valence-electron chi connectivity index (χ0n) is 15.1. The molecule has 0 spiro atoms. The molecule has 0 aromatic rings. The van der Waals surface area contributed by atoms with Crippen LogP contribution in [0.3, 0.4) is 0 Å². The summed E-state index contributed by atoms with van der Waals surface area (Å²) >= 11 is 0. The highest BCUT2D eigenvalue weighted by molar-refractivity contribution is 5.75. The number of unbranched alkanes of at least 4 members (excludes halogenated alkanes) is 13. The van der Waals surface area contributed by atoms with Gasteiger partial charge < -0.3 is 15.3 Å². The molecule has 5 heteroatoms. The fourth-order valence-electron chi connectivity index (χ4n) is 2.67. The van der Waals surface area contributed by atoms with E-state index in [9.17, 15) is 4.79 Å². The number of rotatable bonds is 16. The SMILES string of the molecule is CCCCCCCCCCCCCCCCC(O)(O)C(=O)O.[Mg]. The molecule has 0 saturated heterocycles. The molecule has 0 amide bonds. The van der Waals surface area contributed by atoms with Gasteiger partial charge in [0.25, 0.3) is 5.79 Å². The standard InChI is InChI=1S/C18H36O4.Mg/c1-2-3-4-5-6-7-8-9-10-11-12-13-14-15-16-18(21,22)17(19)20;/h21-22H,2-16H2,1H3,(H,19,20);. The number of aliphatic hydroxyl groups is 2. The van der Waals surface area contributed by atoms with Gasteiger partial charge in [-0.25, -0.2) is 4.79 Å². The minimum atomic E-state index is -2.54. The first-order valence-corrected chi connectivity index (χ1v) is 9.19. The molecule has 0 atom stereocenters. The number of carboxylic acids is 1. The van der Waals surface area contributed by atoms with Crippen LogP contribution in [0.5, 0.6) is 0 Å². The van der Waals surface area contributed by atoms with Crippen molar-refractivity contribution in [3.63, 3.8) is 0 Å². The fraction of sp³-hybridized carbons (Fsp3) is 0.944. The lowest BCUT2D eigenvalue weighted by Gasteiger charge is -2.15. The third kappa shape index (κ3) is 16.8. The summed E-state index contributed by atoms with van der Waals surface area (Å²) in [5, 5.41) is 26.8. The maximum atomic E-state index is 10.5. The van der Waals surface area contributed by atoms with Gasteiger partial charge in [0.2, 0.25) is 0 Å². The monoisotopic (exact) mass is 340 g/mol. The molecule has 0 heterocycles. The number of carbonyl (C=O) groups is 1. The highest BCUT2D eigenvalue weighted by atomic mass is 24.3. The summed E-state index contributed by atoms with van der Waals surface area (Å²) in [6.07, 6.45) is 17.0. The summed E-state index contributed by atoms with van der Waals surface area (Å²) in [7, 11) is 0. The lowest BCUT2D eigenvalue weighted by atomic mass is 10.0. The first-order valence-electron chi connectivity index (χ1n) is 9.19. The third-order valence-electron chi connectivity index (χ3n) is 4.22. The summed E-state index contributed by atoms with van der Waals surface area (Å²) < 4.78 is 0. The van der Waals surface area contributed by atoms with Gasteiger partial charge >= 0.3 is 5.97 Å². The third-order valence-corrected chi connectivity index (χ3v) is 4.22. The van der Waals surface area contributed by atoms with Crippen molar-refractivity contribution in [2.45, 2.75) is 109 Å². The Hall–Kier alpha value is 0.156. The summed E-state index contributed by atoms with van der Waals surface area (Å²) in [5.41, 5.74) is 0. The van der Waals surface area contributed by atoms with E-state index in [0.29, 0.717) is 6.42 Å². The van der Waals surface area contributed by atoms with E-state index in [1.807, 2.05) is 0 Å². The quantitative estimate of drug-likeness (QED) is 0.223. The summed E-state index contributed by atoms with van der Waals surface area (Å²) in [4.78, 5) is 10.5. The van der Waals surface area contributed by atoms with Crippen LogP contribution in [0.1, 0.15) is 103 Å². The van der Waals surface area contributed by atoms with E-state index in [1.54, 1.807) is 0 Å². The molecule has 0 aromatic carbocycles. The molecule has 0 bridgehead atoms.